The lowest BCUT2D eigenvalue weighted by atomic mass is 9.79. The van der Waals surface area contributed by atoms with Gasteiger partial charge < -0.3 is 4.90 Å². The van der Waals surface area contributed by atoms with Gasteiger partial charge in [0.1, 0.15) is 0 Å². The highest BCUT2D eigenvalue weighted by Gasteiger charge is 2.35. The molecule has 8 aromatic rings. The van der Waals surface area contributed by atoms with E-state index in [0.717, 1.165) is 34.5 Å². The lowest BCUT2D eigenvalue weighted by Crippen LogP contribution is -2.25. The average Bonchev–Trinajstić information content (AvgIpc) is 3.28. The summed E-state index contributed by atoms with van der Waals surface area (Å²) in [5.74, 6) is 0. The van der Waals surface area contributed by atoms with Crippen LogP contribution in [-0.2, 0) is 6.42 Å². The van der Waals surface area contributed by atoms with Gasteiger partial charge in [0.25, 0.3) is 0 Å². The summed E-state index contributed by atoms with van der Waals surface area (Å²) in [7, 11) is 0. The first kappa shape index (κ1) is 37.1. The average molecular weight is 751 g/mol. The Balaban J connectivity index is 1.44. The van der Waals surface area contributed by atoms with Gasteiger partial charge in [-0.15, -0.1) is 0 Å². The molecule has 0 amide bonds. The summed E-state index contributed by atoms with van der Waals surface area (Å²) in [5.41, 5.74) is 28.7. The van der Waals surface area contributed by atoms with E-state index in [9.17, 15) is 0 Å². The molecule has 0 unspecified atom stereocenters. The Hall–Kier alpha value is -6.51. The Morgan fingerprint density at radius 3 is 1.12 bits per heavy atom. The number of aromatic nitrogens is 1. The zero-order valence-corrected chi connectivity index (χ0v) is 35.0. The summed E-state index contributed by atoms with van der Waals surface area (Å²) < 4.78 is 0. The second-order valence-corrected chi connectivity index (χ2v) is 16.2. The molecule has 0 atom stereocenters. The molecule has 2 heterocycles. The molecule has 0 spiro atoms. The number of fused-ring (bicyclic) bond motifs is 2. The lowest BCUT2D eigenvalue weighted by molar-refractivity contribution is 0.997. The Morgan fingerprint density at radius 1 is 0.328 bits per heavy atom. The Labute approximate surface area is 344 Å². The second-order valence-electron chi connectivity index (χ2n) is 16.2. The summed E-state index contributed by atoms with van der Waals surface area (Å²) in [4.78, 5) is 8.14. The van der Waals surface area contributed by atoms with Gasteiger partial charge >= 0.3 is 0 Å². The zero-order chi connectivity index (χ0) is 40.2. The van der Waals surface area contributed by atoms with Crippen LogP contribution in [0, 0.1) is 55.4 Å². The smallest absolute Gasteiger partial charge is 0.0716 e. The molecular weight excluding hydrogens is 701 g/mol. The molecule has 1 aliphatic rings. The molecule has 0 aliphatic carbocycles. The normalized spacial score (nSPS) is 12.0. The van der Waals surface area contributed by atoms with Crippen molar-refractivity contribution in [3.05, 3.63) is 201 Å². The molecule has 0 saturated heterocycles. The number of hydrogen-bond acceptors (Lipinski definition) is 2. The Kier molecular flexibility index (Phi) is 9.45. The molecule has 0 bridgehead atoms. The minimum Gasteiger partial charge on any atom is -0.308 e. The maximum atomic E-state index is 5.46. The molecule has 0 saturated carbocycles. The van der Waals surface area contributed by atoms with Gasteiger partial charge in [0.15, 0.2) is 0 Å². The highest BCUT2D eigenvalue weighted by molar-refractivity contribution is 6.03. The lowest BCUT2D eigenvalue weighted by Gasteiger charge is -2.41. The molecule has 1 aromatic heterocycles. The third kappa shape index (κ3) is 6.16. The van der Waals surface area contributed by atoms with E-state index in [4.69, 9.17) is 4.98 Å². The summed E-state index contributed by atoms with van der Waals surface area (Å²) in [6.07, 6.45) is 0.917. The number of benzene rings is 7. The molecule has 0 radical (unpaired) electrons. The molecule has 7 aromatic carbocycles. The number of nitrogens with zero attached hydrogens (tertiary/aromatic N) is 2. The SMILES string of the molecule is Cc1c(C)c(C)c2c(c1C)Cc1c(C)c(C)c(C)c(C)c1N2c1c(-c2ccccc2)cc(-c2cc(-c3ccccc3)cc(-c3ccccc3)n2)cc1-c1ccccc1. The number of anilines is 3. The van der Waals surface area contributed by atoms with E-state index >= 15 is 0 Å². The predicted molar refractivity (Wildman–Crippen MR) is 247 cm³/mol. The monoisotopic (exact) mass is 750 g/mol. The van der Waals surface area contributed by atoms with Crippen LogP contribution in [-0.4, -0.2) is 4.98 Å². The van der Waals surface area contributed by atoms with Gasteiger partial charge in [-0.05, 0) is 158 Å². The van der Waals surface area contributed by atoms with E-state index in [1.54, 1.807) is 0 Å². The third-order valence-electron chi connectivity index (χ3n) is 13.2. The number of pyridine rings is 1. The maximum absolute atomic E-state index is 5.46. The third-order valence-corrected chi connectivity index (χ3v) is 13.2. The molecular formula is C56H50N2. The van der Waals surface area contributed by atoms with Crippen LogP contribution in [0.2, 0.25) is 0 Å². The van der Waals surface area contributed by atoms with E-state index in [1.807, 2.05) is 0 Å². The van der Waals surface area contributed by atoms with Gasteiger partial charge in [0.2, 0.25) is 0 Å². The van der Waals surface area contributed by atoms with Crippen LogP contribution in [0.4, 0.5) is 17.1 Å². The van der Waals surface area contributed by atoms with Crippen molar-refractivity contribution in [2.75, 3.05) is 4.90 Å². The largest absolute Gasteiger partial charge is 0.308 e. The maximum Gasteiger partial charge on any atom is 0.0716 e. The molecule has 2 nitrogen and oxygen atoms in total. The highest BCUT2D eigenvalue weighted by Crippen LogP contribution is 2.56. The first-order valence-corrected chi connectivity index (χ1v) is 20.5. The van der Waals surface area contributed by atoms with Gasteiger partial charge in [-0.25, -0.2) is 4.98 Å². The van der Waals surface area contributed by atoms with Gasteiger partial charge in [-0.2, -0.15) is 0 Å². The summed E-state index contributed by atoms with van der Waals surface area (Å²) in [6.45, 7) is 18.6. The fourth-order valence-corrected chi connectivity index (χ4v) is 9.22. The molecule has 0 N–H and O–H groups in total. The molecule has 2 heteroatoms. The van der Waals surface area contributed by atoms with Gasteiger partial charge in [0.05, 0.1) is 28.5 Å². The topological polar surface area (TPSA) is 16.1 Å². The van der Waals surface area contributed by atoms with E-state index in [0.29, 0.717) is 0 Å². The fourth-order valence-electron chi connectivity index (χ4n) is 9.22. The van der Waals surface area contributed by atoms with Gasteiger partial charge in [-0.1, -0.05) is 121 Å². The van der Waals surface area contributed by atoms with Crippen molar-refractivity contribution in [2.45, 2.75) is 61.8 Å². The van der Waals surface area contributed by atoms with Crippen LogP contribution in [0.3, 0.4) is 0 Å². The zero-order valence-electron chi connectivity index (χ0n) is 35.0. The van der Waals surface area contributed by atoms with Crippen LogP contribution < -0.4 is 4.90 Å². The number of hydrogen-bond donors (Lipinski definition) is 0. The van der Waals surface area contributed by atoms with Crippen LogP contribution in [0.15, 0.2) is 146 Å². The summed E-state index contributed by atoms with van der Waals surface area (Å²) in [5, 5.41) is 0. The molecule has 58 heavy (non-hydrogen) atoms. The van der Waals surface area contributed by atoms with Crippen LogP contribution in [0.25, 0.3) is 55.9 Å². The minimum absolute atomic E-state index is 0.917. The van der Waals surface area contributed by atoms with E-state index in [1.165, 1.54) is 101 Å². The Bertz CT molecular complexity index is 2670. The van der Waals surface area contributed by atoms with Crippen molar-refractivity contribution < 1.29 is 0 Å². The van der Waals surface area contributed by atoms with Crippen LogP contribution >= 0.6 is 0 Å². The molecule has 1 aliphatic heterocycles. The number of rotatable bonds is 6. The quantitative estimate of drug-likeness (QED) is 0.168. The first-order chi connectivity index (χ1) is 28.1. The predicted octanol–water partition coefficient (Wildman–Crippen LogP) is 15.3. The second kappa shape index (κ2) is 14.8. The van der Waals surface area contributed by atoms with Crippen molar-refractivity contribution in [1.29, 1.82) is 0 Å². The first-order valence-electron chi connectivity index (χ1n) is 20.5. The van der Waals surface area contributed by atoms with Crippen LogP contribution in [0.1, 0.15) is 55.6 Å². The Morgan fingerprint density at radius 2 is 0.690 bits per heavy atom. The van der Waals surface area contributed by atoms with Crippen molar-refractivity contribution in [2.24, 2.45) is 0 Å². The minimum atomic E-state index is 0.917. The van der Waals surface area contributed by atoms with Crippen LogP contribution in [0.5, 0.6) is 0 Å². The molecule has 9 rings (SSSR count). The van der Waals surface area contributed by atoms with E-state index in [-0.39, 0.29) is 0 Å². The van der Waals surface area contributed by atoms with Crippen molar-refractivity contribution in [3.63, 3.8) is 0 Å². The van der Waals surface area contributed by atoms with E-state index in [2.05, 4.69) is 206 Å². The standard InChI is InChI=1S/C56H50N2/c1-34-36(3)40(7)54-48(38(34)5)33-49-39(6)35(2)37(4)41(8)55(49)58(54)56-50(43-23-15-10-16-24-43)29-47(30-51(56)44-25-17-11-18-26-44)53-32-46(42-21-13-9-14-22-42)31-52(57-53)45-27-19-12-20-28-45/h9-32H,33H2,1-8H3. The summed E-state index contributed by atoms with van der Waals surface area (Å²) in [6, 6.07) is 52.5. The van der Waals surface area contributed by atoms with Crippen molar-refractivity contribution in [1.82, 2.24) is 4.98 Å². The fraction of sp³-hybridized carbons (Fsp3) is 0.161. The highest BCUT2D eigenvalue weighted by atomic mass is 15.2. The molecule has 284 valence electrons. The molecule has 0 fully saturated rings. The van der Waals surface area contributed by atoms with Crippen molar-refractivity contribution in [3.8, 4) is 55.9 Å². The van der Waals surface area contributed by atoms with Gasteiger partial charge in [-0.3, -0.25) is 0 Å². The van der Waals surface area contributed by atoms with E-state index < -0.39 is 0 Å². The summed E-state index contributed by atoms with van der Waals surface area (Å²) >= 11 is 0. The van der Waals surface area contributed by atoms with Gasteiger partial charge in [0, 0.05) is 28.7 Å². The van der Waals surface area contributed by atoms with Crippen molar-refractivity contribution >= 4 is 17.1 Å².